The predicted octanol–water partition coefficient (Wildman–Crippen LogP) is 2.47. The fourth-order valence-electron chi connectivity index (χ4n) is 2.35. The van der Waals surface area contributed by atoms with Crippen LogP contribution in [0, 0.1) is 0 Å². The number of nitrogens with one attached hydrogen (secondary N) is 1. The Morgan fingerprint density at radius 3 is 2.65 bits per heavy atom. The summed E-state index contributed by atoms with van der Waals surface area (Å²) in [6.07, 6.45) is 6.17. The highest BCUT2D eigenvalue weighted by molar-refractivity contribution is 6.29. The minimum Gasteiger partial charge on any atom is -0.465 e. The van der Waals surface area contributed by atoms with Crippen LogP contribution in [0.5, 0.6) is 0 Å². The van der Waals surface area contributed by atoms with Gasteiger partial charge >= 0.3 is 5.97 Å². The van der Waals surface area contributed by atoms with Gasteiger partial charge in [0, 0.05) is 0 Å². The Morgan fingerprint density at radius 1 is 1.23 bits per heavy atom. The first-order valence-electron chi connectivity index (χ1n) is 7.94. The molecule has 0 unspecified atom stereocenters. The van der Waals surface area contributed by atoms with Gasteiger partial charge in [-0.05, 0) is 55.5 Å². The molecule has 0 radical (unpaired) electrons. The molecule has 0 atom stereocenters. The van der Waals surface area contributed by atoms with Crippen molar-refractivity contribution in [2.45, 2.75) is 6.92 Å². The van der Waals surface area contributed by atoms with E-state index in [1.54, 1.807) is 43.3 Å². The molecule has 26 heavy (non-hydrogen) atoms. The molecule has 1 saturated heterocycles. The number of anilines is 1. The van der Waals surface area contributed by atoms with Crippen molar-refractivity contribution in [1.82, 2.24) is 5.43 Å². The Bertz CT molecular complexity index is 879. The zero-order chi connectivity index (χ0) is 18.5. The molecule has 1 N–H and O–H groups in total. The monoisotopic (exact) mass is 352 g/mol. The first-order chi connectivity index (χ1) is 12.6. The standard InChI is InChI=1S/C19H16N2O5/c1-2-25-19(24)13-8-10-14(11-9-13)21-18(23)16(17(22)20-21)7-3-5-15-6-4-12-26-15/h3-12H,2H2,1H3,(H,20,22)/b5-3+,16-7-. The van der Waals surface area contributed by atoms with Crippen molar-refractivity contribution in [3.63, 3.8) is 0 Å². The summed E-state index contributed by atoms with van der Waals surface area (Å²) in [6, 6.07) is 9.68. The number of furan rings is 1. The third-order valence-electron chi connectivity index (χ3n) is 3.59. The molecule has 0 spiro atoms. The van der Waals surface area contributed by atoms with Crippen LogP contribution in [0.2, 0.25) is 0 Å². The summed E-state index contributed by atoms with van der Waals surface area (Å²) in [7, 11) is 0. The van der Waals surface area contributed by atoms with Crippen LogP contribution in [-0.2, 0) is 14.3 Å². The number of amides is 2. The van der Waals surface area contributed by atoms with E-state index < -0.39 is 17.8 Å². The fourth-order valence-corrected chi connectivity index (χ4v) is 2.35. The topological polar surface area (TPSA) is 88.8 Å². The molecule has 1 fully saturated rings. The summed E-state index contributed by atoms with van der Waals surface area (Å²) in [4.78, 5) is 36.2. The number of allylic oxidation sites excluding steroid dienone is 2. The SMILES string of the molecule is CCOC(=O)c1ccc(N2NC(=O)/C(=C/C=C/c3ccco3)C2=O)cc1. The number of nitrogens with zero attached hydrogens (tertiary/aromatic N) is 1. The number of hydrogen-bond acceptors (Lipinski definition) is 5. The van der Waals surface area contributed by atoms with E-state index in [9.17, 15) is 14.4 Å². The zero-order valence-electron chi connectivity index (χ0n) is 14.0. The fraction of sp³-hybridized carbons (Fsp3) is 0.105. The van der Waals surface area contributed by atoms with E-state index in [0.717, 1.165) is 5.01 Å². The number of hydrogen-bond donors (Lipinski definition) is 1. The zero-order valence-corrected chi connectivity index (χ0v) is 14.0. The van der Waals surface area contributed by atoms with Crippen molar-refractivity contribution in [3.8, 4) is 0 Å². The van der Waals surface area contributed by atoms with Gasteiger partial charge in [0.2, 0.25) is 0 Å². The normalized spacial score (nSPS) is 15.7. The van der Waals surface area contributed by atoms with Crippen LogP contribution < -0.4 is 10.4 Å². The lowest BCUT2D eigenvalue weighted by atomic mass is 10.2. The molecular formula is C19H16N2O5. The largest absolute Gasteiger partial charge is 0.465 e. The lowest BCUT2D eigenvalue weighted by molar-refractivity contribution is -0.117. The first kappa shape index (κ1) is 17.2. The molecule has 1 aromatic carbocycles. The van der Waals surface area contributed by atoms with Gasteiger partial charge in [0.25, 0.3) is 11.8 Å². The molecule has 1 aliphatic heterocycles. The van der Waals surface area contributed by atoms with E-state index >= 15 is 0 Å². The molecule has 2 heterocycles. The van der Waals surface area contributed by atoms with Crippen molar-refractivity contribution in [2.24, 2.45) is 0 Å². The molecule has 1 aliphatic rings. The van der Waals surface area contributed by atoms with E-state index in [0.29, 0.717) is 17.0 Å². The van der Waals surface area contributed by atoms with Crippen LogP contribution >= 0.6 is 0 Å². The predicted molar refractivity (Wildman–Crippen MR) is 93.9 cm³/mol. The van der Waals surface area contributed by atoms with Gasteiger partial charge in [0.15, 0.2) is 0 Å². The number of hydrazine groups is 1. The van der Waals surface area contributed by atoms with Crippen LogP contribution in [0.3, 0.4) is 0 Å². The number of ether oxygens (including phenoxy) is 1. The maximum absolute atomic E-state index is 12.5. The molecule has 2 aromatic rings. The Labute approximate surface area is 149 Å². The Hall–Kier alpha value is -3.61. The van der Waals surface area contributed by atoms with Crippen molar-refractivity contribution in [1.29, 1.82) is 0 Å². The van der Waals surface area contributed by atoms with Gasteiger partial charge in [-0.1, -0.05) is 6.08 Å². The molecule has 1 aromatic heterocycles. The highest BCUT2D eigenvalue weighted by Crippen LogP contribution is 2.21. The van der Waals surface area contributed by atoms with Crippen molar-refractivity contribution >= 4 is 29.5 Å². The minimum absolute atomic E-state index is 0.00211. The van der Waals surface area contributed by atoms with Gasteiger partial charge in [-0.2, -0.15) is 0 Å². The quantitative estimate of drug-likeness (QED) is 0.507. The maximum atomic E-state index is 12.5. The maximum Gasteiger partial charge on any atom is 0.338 e. The van der Waals surface area contributed by atoms with Crippen molar-refractivity contribution in [3.05, 3.63) is 71.7 Å². The Kier molecular flexibility index (Phi) is 4.98. The number of rotatable bonds is 5. The Morgan fingerprint density at radius 2 is 2.00 bits per heavy atom. The number of carbonyl (C=O) groups excluding carboxylic acids is 3. The second-order valence-corrected chi connectivity index (χ2v) is 5.30. The molecule has 0 saturated carbocycles. The molecule has 7 nitrogen and oxygen atoms in total. The Balaban J connectivity index is 1.75. The lowest BCUT2D eigenvalue weighted by Gasteiger charge is -2.14. The summed E-state index contributed by atoms with van der Waals surface area (Å²) in [6.45, 7) is 2.00. The molecular weight excluding hydrogens is 336 g/mol. The average molecular weight is 352 g/mol. The summed E-state index contributed by atoms with van der Waals surface area (Å²) in [5, 5.41) is 1.13. The summed E-state index contributed by atoms with van der Waals surface area (Å²) >= 11 is 0. The minimum atomic E-state index is -0.506. The van der Waals surface area contributed by atoms with E-state index in [-0.39, 0.29) is 12.2 Å². The third kappa shape index (κ3) is 3.56. The van der Waals surface area contributed by atoms with Gasteiger partial charge < -0.3 is 9.15 Å². The van der Waals surface area contributed by atoms with Crippen LogP contribution in [0.4, 0.5) is 5.69 Å². The van der Waals surface area contributed by atoms with E-state index in [1.165, 1.54) is 24.5 Å². The summed E-state index contributed by atoms with van der Waals surface area (Å²) in [5.74, 6) is -0.824. The molecule has 3 rings (SSSR count). The van der Waals surface area contributed by atoms with E-state index in [4.69, 9.17) is 9.15 Å². The molecule has 132 valence electrons. The second-order valence-electron chi connectivity index (χ2n) is 5.30. The van der Waals surface area contributed by atoms with Gasteiger partial charge in [-0.25, -0.2) is 9.80 Å². The van der Waals surface area contributed by atoms with Crippen LogP contribution in [0.15, 0.2) is 64.8 Å². The van der Waals surface area contributed by atoms with Crippen LogP contribution in [0.1, 0.15) is 23.0 Å². The number of esters is 1. The van der Waals surface area contributed by atoms with Crippen LogP contribution in [-0.4, -0.2) is 24.4 Å². The lowest BCUT2D eigenvalue weighted by Crippen LogP contribution is -2.35. The van der Waals surface area contributed by atoms with Gasteiger partial charge in [-0.3, -0.25) is 15.0 Å². The highest BCUT2D eigenvalue weighted by Gasteiger charge is 2.34. The van der Waals surface area contributed by atoms with Gasteiger partial charge in [0.05, 0.1) is 24.1 Å². The summed E-state index contributed by atoms with van der Waals surface area (Å²) < 4.78 is 10.1. The van der Waals surface area contributed by atoms with Crippen molar-refractivity contribution in [2.75, 3.05) is 11.6 Å². The molecule has 2 amide bonds. The van der Waals surface area contributed by atoms with E-state index in [2.05, 4.69) is 5.43 Å². The van der Waals surface area contributed by atoms with Crippen molar-refractivity contribution < 1.29 is 23.5 Å². The third-order valence-corrected chi connectivity index (χ3v) is 3.59. The molecule has 7 heteroatoms. The second kappa shape index (κ2) is 7.52. The van der Waals surface area contributed by atoms with Gasteiger partial charge in [0.1, 0.15) is 11.3 Å². The number of benzene rings is 1. The smallest absolute Gasteiger partial charge is 0.338 e. The van der Waals surface area contributed by atoms with Gasteiger partial charge in [-0.15, -0.1) is 0 Å². The highest BCUT2D eigenvalue weighted by atomic mass is 16.5. The number of carbonyl (C=O) groups is 3. The van der Waals surface area contributed by atoms with Crippen LogP contribution in [0.25, 0.3) is 6.08 Å². The molecule has 0 bridgehead atoms. The molecule has 0 aliphatic carbocycles. The summed E-state index contributed by atoms with van der Waals surface area (Å²) in [5.41, 5.74) is 3.30. The average Bonchev–Trinajstić information content (AvgIpc) is 3.25. The first-order valence-corrected chi connectivity index (χ1v) is 7.94. The van der Waals surface area contributed by atoms with E-state index in [1.807, 2.05) is 0 Å².